The van der Waals surface area contributed by atoms with Gasteiger partial charge in [-0.15, -0.1) is 0 Å². The van der Waals surface area contributed by atoms with Crippen molar-refractivity contribution in [1.29, 1.82) is 0 Å². The van der Waals surface area contributed by atoms with Crippen molar-refractivity contribution in [3.63, 3.8) is 0 Å². The quantitative estimate of drug-likeness (QED) is 0.0320. The highest BCUT2D eigenvalue weighted by atomic mass is 16.5. The summed E-state index contributed by atoms with van der Waals surface area (Å²) in [6.07, 6.45) is 79.7. The van der Waals surface area contributed by atoms with E-state index in [0.717, 1.165) is 44.9 Å². The van der Waals surface area contributed by atoms with Gasteiger partial charge in [-0.2, -0.15) is 0 Å². The molecule has 0 fully saturated rings. The molecule has 0 rings (SSSR count). The summed E-state index contributed by atoms with van der Waals surface area (Å²) in [4.78, 5) is 24.6. The fraction of sp³-hybridized carbons (Fsp3) is 0.942. The number of carbonyl (C=O) groups is 2. The van der Waals surface area contributed by atoms with E-state index in [4.69, 9.17) is 4.74 Å². The maximum Gasteiger partial charge on any atom is 0.305 e. The Morgan fingerprint density at radius 1 is 0.360 bits per heavy atom. The molecule has 6 heteroatoms. The molecular weight excluding hydrogens is 923 g/mol. The number of aliphatic hydroxyl groups is 2. The smallest absolute Gasteiger partial charge is 0.305 e. The van der Waals surface area contributed by atoms with Crippen molar-refractivity contribution in [2.24, 2.45) is 0 Å². The van der Waals surface area contributed by atoms with Crippen molar-refractivity contribution in [3.05, 3.63) is 12.2 Å². The molecule has 1 amide bonds. The minimum atomic E-state index is -0.660. The molecule has 2 atom stereocenters. The first kappa shape index (κ1) is 73.6. The molecule has 6 nitrogen and oxygen atoms in total. The van der Waals surface area contributed by atoms with Gasteiger partial charge in [0.1, 0.15) is 0 Å². The number of hydrogen-bond acceptors (Lipinski definition) is 5. The highest BCUT2D eigenvalue weighted by Gasteiger charge is 2.20. The maximum atomic E-state index is 12.5. The second-order valence-corrected chi connectivity index (χ2v) is 23.9. The minimum Gasteiger partial charge on any atom is -0.466 e. The van der Waals surface area contributed by atoms with E-state index in [0.29, 0.717) is 25.9 Å². The monoisotopic (exact) mass is 1060 g/mol. The lowest BCUT2D eigenvalue weighted by molar-refractivity contribution is -0.143. The number of allylic oxidation sites excluding steroid dienone is 2. The molecule has 0 saturated heterocycles. The normalized spacial score (nSPS) is 12.5. The summed E-state index contributed by atoms with van der Waals surface area (Å²) in [5, 5.41) is 23.3. The first-order chi connectivity index (χ1) is 37.0. The molecule has 0 aliphatic heterocycles. The number of aliphatic hydroxyl groups excluding tert-OH is 2. The Labute approximate surface area is 469 Å². The lowest BCUT2D eigenvalue weighted by Gasteiger charge is -2.22. The van der Waals surface area contributed by atoms with Gasteiger partial charge in [0, 0.05) is 12.8 Å². The summed E-state index contributed by atoms with van der Waals surface area (Å²) in [7, 11) is 0. The first-order valence-electron chi connectivity index (χ1n) is 34.4. The molecule has 0 heterocycles. The molecule has 0 aromatic heterocycles. The SMILES string of the molecule is CCCCCCCC/C=C\CCCCCCCC(=O)OCCCCCCCCCCCCCCCCCCCCCCCCCCCCCCCC(=O)NC(CO)C(O)CCCCCCCCCCCCCCCC. The molecular formula is C69H135NO5. The second kappa shape index (κ2) is 65.1. The number of carbonyl (C=O) groups excluding carboxylic acids is 2. The van der Waals surface area contributed by atoms with Gasteiger partial charge in [-0.05, 0) is 51.4 Å². The highest BCUT2D eigenvalue weighted by molar-refractivity contribution is 5.76. The summed E-state index contributed by atoms with van der Waals surface area (Å²) < 4.78 is 5.49. The Morgan fingerprint density at radius 2 is 0.627 bits per heavy atom. The summed E-state index contributed by atoms with van der Waals surface area (Å²) in [5.41, 5.74) is 0. The summed E-state index contributed by atoms with van der Waals surface area (Å²) >= 11 is 0. The zero-order chi connectivity index (χ0) is 54.3. The molecule has 3 N–H and O–H groups in total. The third-order valence-electron chi connectivity index (χ3n) is 16.3. The van der Waals surface area contributed by atoms with Crippen molar-refractivity contribution in [2.75, 3.05) is 13.2 Å². The Morgan fingerprint density at radius 3 is 0.947 bits per heavy atom. The van der Waals surface area contributed by atoms with Gasteiger partial charge in [-0.1, -0.05) is 341 Å². The van der Waals surface area contributed by atoms with Crippen molar-refractivity contribution in [1.82, 2.24) is 5.32 Å². The lowest BCUT2D eigenvalue weighted by Crippen LogP contribution is -2.45. The fourth-order valence-corrected chi connectivity index (χ4v) is 11.1. The molecule has 0 bridgehead atoms. The van der Waals surface area contributed by atoms with Gasteiger partial charge in [0.2, 0.25) is 5.91 Å². The summed E-state index contributed by atoms with van der Waals surface area (Å²) in [6.45, 7) is 4.98. The average molecular weight is 1060 g/mol. The van der Waals surface area contributed by atoms with Gasteiger partial charge in [0.15, 0.2) is 0 Å². The Hall–Kier alpha value is -1.40. The van der Waals surface area contributed by atoms with Crippen LogP contribution in [0, 0.1) is 0 Å². The Balaban J connectivity index is 3.32. The van der Waals surface area contributed by atoms with E-state index < -0.39 is 12.1 Å². The van der Waals surface area contributed by atoms with Crippen molar-refractivity contribution >= 4 is 11.9 Å². The predicted molar refractivity (Wildman–Crippen MR) is 329 cm³/mol. The summed E-state index contributed by atoms with van der Waals surface area (Å²) in [6, 6.07) is -0.537. The van der Waals surface area contributed by atoms with E-state index in [-0.39, 0.29) is 18.5 Å². The Kier molecular flexibility index (Phi) is 63.9. The lowest BCUT2D eigenvalue weighted by atomic mass is 10.0. The molecule has 0 aromatic carbocycles. The molecule has 0 aliphatic rings. The molecule has 75 heavy (non-hydrogen) atoms. The van der Waals surface area contributed by atoms with Crippen LogP contribution in [-0.4, -0.2) is 47.4 Å². The van der Waals surface area contributed by atoms with E-state index in [1.54, 1.807) is 0 Å². The molecule has 0 saturated carbocycles. The Bertz CT molecular complexity index is 1130. The van der Waals surface area contributed by atoms with Gasteiger partial charge in [0.05, 0.1) is 25.4 Å². The van der Waals surface area contributed by atoms with Gasteiger partial charge in [-0.3, -0.25) is 9.59 Å². The number of esters is 1. The molecule has 2 unspecified atom stereocenters. The van der Waals surface area contributed by atoms with E-state index in [2.05, 4.69) is 31.3 Å². The van der Waals surface area contributed by atoms with E-state index in [1.165, 1.54) is 315 Å². The van der Waals surface area contributed by atoms with Crippen molar-refractivity contribution in [2.45, 2.75) is 405 Å². The third-order valence-corrected chi connectivity index (χ3v) is 16.3. The number of ether oxygens (including phenoxy) is 1. The van der Waals surface area contributed by atoms with Crippen molar-refractivity contribution in [3.8, 4) is 0 Å². The number of hydrogen-bond donors (Lipinski definition) is 3. The zero-order valence-electron chi connectivity index (χ0n) is 51.1. The van der Waals surface area contributed by atoms with Gasteiger partial charge in [-0.25, -0.2) is 0 Å². The van der Waals surface area contributed by atoms with Crippen LogP contribution in [0.5, 0.6) is 0 Å². The van der Waals surface area contributed by atoms with Gasteiger partial charge in [0.25, 0.3) is 0 Å². The van der Waals surface area contributed by atoms with Crippen LogP contribution in [0.2, 0.25) is 0 Å². The van der Waals surface area contributed by atoms with Crippen LogP contribution in [0.1, 0.15) is 393 Å². The predicted octanol–water partition coefficient (Wildman–Crippen LogP) is 22.0. The van der Waals surface area contributed by atoms with E-state index in [1.807, 2.05) is 0 Å². The second-order valence-electron chi connectivity index (χ2n) is 23.9. The molecule has 0 radical (unpaired) electrons. The molecule has 446 valence electrons. The number of rotatable bonds is 65. The highest BCUT2D eigenvalue weighted by Crippen LogP contribution is 2.19. The van der Waals surface area contributed by atoms with Gasteiger partial charge < -0.3 is 20.3 Å². The van der Waals surface area contributed by atoms with E-state index >= 15 is 0 Å². The number of nitrogens with one attached hydrogen (secondary N) is 1. The van der Waals surface area contributed by atoms with Crippen LogP contribution >= 0.6 is 0 Å². The molecule has 0 spiro atoms. The van der Waals surface area contributed by atoms with Crippen LogP contribution in [0.25, 0.3) is 0 Å². The summed E-state index contributed by atoms with van der Waals surface area (Å²) in [5.74, 6) is -0.0163. The van der Waals surface area contributed by atoms with E-state index in [9.17, 15) is 19.8 Å². The van der Waals surface area contributed by atoms with Crippen LogP contribution < -0.4 is 5.32 Å². The van der Waals surface area contributed by atoms with Gasteiger partial charge >= 0.3 is 5.97 Å². The minimum absolute atomic E-state index is 0.0124. The fourth-order valence-electron chi connectivity index (χ4n) is 11.1. The van der Waals surface area contributed by atoms with Crippen LogP contribution in [-0.2, 0) is 14.3 Å². The topological polar surface area (TPSA) is 95.9 Å². The first-order valence-corrected chi connectivity index (χ1v) is 34.4. The standard InChI is InChI=1S/C69H135NO5/c1-3-5-7-9-11-13-15-17-34-39-43-47-51-55-59-63-69(74)75-64-60-56-52-48-44-40-36-33-31-29-27-25-23-21-19-20-22-24-26-28-30-32-35-38-42-46-50-54-58-62-68(73)70-66(65-71)67(72)61-57-53-49-45-41-37-18-16-14-12-10-8-6-4-2/h17,34,66-67,71-72H,3-16,18-33,35-65H2,1-2H3,(H,70,73)/b34-17-. The number of unbranched alkanes of at least 4 members (excludes halogenated alkanes) is 52. The largest absolute Gasteiger partial charge is 0.466 e. The maximum absolute atomic E-state index is 12.5. The van der Waals surface area contributed by atoms with Crippen LogP contribution in [0.4, 0.5) is 0 Å². The van der Waals surface area contributed by atoms with Crippen molar-refractivity contribution < 1.29 is 24.5 Å². The zero-order valence-corrected chi connectivity index (χ0v) is 51.1. The van der Waals surface area contributed by atoms with Crippen LogP contribution in [0.3, 0.4) is 0 Å². The van der Waals surface area contributed by atoms with Crippen LogP contribution in [0.15, 0.2) is 12.2 Å². The molecule has 0 aromatic rings. The molecule has 0 aliphatic carbocycles. The average Bonchev–Trinajstić information content (AvgIpc) is 3.41. The third kappa shape index (κ3) is 61.7. The number of amides is 1.